The van der Waals surface area contributed by atoms with Crippen LogP contribution in [0.2, 0.25) is 0 Å². The minimum atomic E-state index is 0.828. The molecule has 0 atom stereocenters. The second-order valence-corrected chi connectivity index (χ2v) is 3.93. The molecule has 0 saturated carbocycles. The van der Waals surface area contributed by atoms with E-state index in [0.29, 0.717) is 0 Å². The summed E-state index contributed by atoms with van der Waals surface area (Å²) in [4.78, 5) is 0. The molecule has 0 radical (unpaired) electrons. The fourth-order valence-electron chi connectivity index (χ4n) is 1.33. The summed E-state index contributed by atoms with van der Waals surface area (Å²) in [6, 6.07) is 6.30. The highest BCUT2D eigenvalue weighted by atomic mass is 14.6. The van der Waals surface area contributed by atoms with Crippen molar-refractivity contribution in [3.63, 3.8) is 0 Å². The SMILES string of the molecule is C/C=C(C)\C=C(/N)c1ccc(C)c(C)c1.CC.CC. The molecule has 108 valence electrons. The second kappa shape index (κ2) is 11.6. The van der Waals surface area contributed by atoms with Crippen molar-refractivity contribution >= 4 is 5.70 Å². The Morgan fingerprint density at radius 1 is 1.00 bits per heavy atom. The van der Waals surface area contributed by atoms with Gasteiger partial charge in [-0.25, -0.2) is 0 Å². The third kappa shape index (κ3) is 7.50. The van der Waals surface area contributed by atoms with Crippen molar-refractivity contribution in [3.8, 4) is 0 Å². The first-order valence-electron chi connectivity index (χ1n) is 7.22. The quantitative estimate of drug-likeness (QED) is 0.687. The highest BCUT2D eigenvalue weighted by Crippen LogP contribution is 2.15. The molecule has 1 nitrogen and oxygen atoms in total. The number of rotatable bonds is 2. The van der Waals surface area contributed by atoms with Crippen LogP contribution in [0, 0.1) is 13.8 Å². The second-order valence-electron chi connectivity index (χ2n) is 3.93. The predicted molar refractivity (Wildman–Crippen MR) is 90.2 cm³/mol. The Morgan fingerprint density at radius 2 is 1.53 bits per heavy atom. The van der Waals surface area contributed by atoms with Gasteiger partial charge >= 0.3 is 0 Å². The van der Waals surface area contributed by atoms with E-state index in [1.807, 2.05) is 53.7 Å². The third-order valence-electron chi connectivity index (χ3n) is 2.68. The molecule has 0 aliphatic heterocycles. The maximum Gasteiger partial charge on any atom is 0.0390 e. The summed E-state index contributed by atoms with van der Waals surface area (Å²) < 4.78 is 0. The van der Waals surface area contributed by atoms with E-state index >= 15 is 0 Å². The van der Waals surface area contributed by atoms with Gasteiger partial charge in [0.15, 0.2) is 0 Å². The van der Waals surface area contributed by atoms with Crippen molar-refractivity contribution in [2.45, 2.75) is 55.4 Å². The molecule has 0 aliphatic carbocycles. The first kappa shape index (κ1) is 19.8. The molecule has 1 rings (SSSR count). The first-order chi connectivity index (χ1) is 9.04. The molecule has 0 aromatic heterocycles. The van der Waals surface area contributed by atoms with E-state index in [9.17, 15) is 0 Å². The molecule has 1 aromatic rings. The predicted octanol–water partition coefficient (Wildman–Crippen LogP) is 5.62. The highest BCUT2D eigenvalue weighted by Gasteiger charge is 1.98. The Labute approximate surface area is 120 Å². The van der Waals surface area contributed by atoms with Crippen LogP contribution >= 0.6 is 0 Å². The Morgan fingerprint density at radius 3 is 1.95 bits per heavy atom. The van der Waals surface area contributed by atoms with Crippen molar-refractivity contribution in [1.82, 2.24) is 0 Å². The molecule has 0 spiro atoms. The van der Waals surface area contributed by atoms with E-state index in [0.717, 1.165) is 11.3 Å². The average molecular weight is 261 g/mol. The van der Waals surface area contributed by atoms with Gasteiger partial charge in [0.1, 0.15) is 0 Å². The van der Waals surface area contributed by atoms with Crippen molar-refractivity contribution in [2.75, 3.05) is 0 Å². The number of aryl methyl sites for hydroxylation is 2. The molecule has 2 N–H and O–H groups in total. The molecule has 0 amide bonds. The van der Waals surface area contributed by atoms with Crippen molar-refractivity contribution in [1.29, 1.82) is 0 Å². The van der Waals surface area contributed by atoms with E-state index in [1.54, 1.807) is 0 Å². The summed E-state index contributed by atoms with van der Waals surface area (Å²) in [5, 5.41) is 0. The van der Waals surface area contributed by atoms with Crippen LogP contribution in [0.15, 0.2) is 35.9 Å². The lowest BCUT2D eigenvalue weighted by molar-refractivity contribution is 1.32. The molecule has 19 heavy (non-hydrogen) atoms. The number of hydrogen-bond donors (Lipinski definition) is 1. The lowest BCUT2D eigenvalue weighted by atomic mass is 10.0. The Bertz CT molecular complexity index is 412. The average Bonchev–Trinajstić information content (AvgIpc) is 2.46. The monoisotopic (exact) mass is 261 g/mol. The molecule has 0 saturated heterocycles. The summed E-state index contributed by atoms with van der Waals surface area (Å²) in [5.41, 5.74) is 11.7. The Kier molecular flexibility index (Phi) is 12.1. The van der Waals surface area contributed by atoms with E-state index in [1.165, 1.54) is 16.7 Å². The summed E-state index contributed by atoms with van der Waals surface area (Å²) in [7, 11) is 0. The van der Waals surface area contributed by atoms with Gasteiger partial charge in [0.25, 0.3) is 0 Å². The topological polar surface area (TPSA) is 26.0 Å². The van der Waals surface area contributed by atoms with E-state index in [-0.39, 0.29) is 0 Å². The van der Waals surface area contributed by atoms with Crippen LogP contribution in [0.4, 0.5) is 0 Å². The molecule has 1 heteroatoms. The minimum absolute atomic E-state index is 0.828. The fraction of sp³-hybridized carbons (Fsp3) is 0.444. The number of hydrogen-bond acceptors (Lipinski definition) is 1. The lowest BCUT2D eigenvalue weighted by Gasteiger charge is -2.05. The standard InChI is InChI=1S/C14H19N.2C2H6/c1-5-10(2)8-14(15)13-7-6-11(3)12(4)9-13;2*1-2/h5-9H,15H2,1-4H3;2*1-2H3/b10-5-,14-8-;;. The molecule has 0 aliphatic rings. The van der Waals surface area contributed by atoms with Gasteiger partial charge in [-0.1, -0.05) is 51.5 Å². The van der Waals surface area contributed by atoms with Gasteiger partial charge in [0.05, 0.1) is 0 Å². The van der Waals surface area contributed by atoms with Gasteiger partial charge < -0.3 is 5.73 Å². The first-order valence-corrected chi connectivity index (χ1v) is 7.22. The summed E-state index contributed by atoms with van der Waals surface area (Å²) in [6.07, 6.45) is 4.05. The van der Waals surface area contributed by atoms with Gasteiger partial charge in [-0.15, -0.1) is 0 Å². The van der Waals surface area contributed by atoms with Crippen LogP contribution in [0.5, 0.6) is 0 Å². The van der Waals surface area contributed by atoms with Gasteiger partial charge in [-0.3, -0.25) is 0 Å². The molecular weight excluding hydrogens is 230 g/mol. The summed E-state index contributed by atoms with van der Waals surface area (Å²) in [6.45, 7) is 16.3. The van der Waals surface area contributed by atoms with Crippen molar-refractivity contribution < 1.29 is 0 Å². The summed E-state index contributed by atoms with van der Waals surface area (Å²) in [5.74, 6) is 0. The molecule has 0 bridgehead atoms. The smallest absolute Gasteiger partial charge is 0.0390 e. The van der Waals surface area contributed by atoms with Crippen LogP contribution in [0.1, 0.15) is 58.2 Å². The maximum absolute atomic E-state index is 6.01. The molecule has 0 heterocycles. The van der Waals surface area contributed by atoms with Crippen LogP contribution in [-0.2, 0) is 0 Å². The third-order valence-corrected chi connectivity index (χ3v) is 2.68. The normalized spacial score (nSPS) is 10.9. The van der Waals surface area contributed by atoms with E-state index in [4.69, 9.17) is 5.73 Å². The van der Waals surface area contributed by atoms with E-state index < -0.39 is 0 Å². The Balaban J connectivity index is 0. The summed E-state index contributed by atoms with van der Waals surface area (Å²) >= 11 is 0. The van der Waals surface area contributed by atoms with Gasteiger partial charge in [0, 0.05) is 5.70 Å². The zero-order chi connectivity index (χ0) is 15.4. The zero-order valence-electron chi connectivity index (χ0n) is 14.0. The number of benzene rings is 1. The molecule has 0 unspecified atom stereocenters. The van der Waals surface area contributed by atoms with Gasteiger partial charge in [-0.05, 0) is 56.5 Å². The van der Waals surface area contributed by atoms with Crippen LogP contribution in [0.25, 0.3) is 5.70 Å². The van der Waals surface area contributed by atoms with Gasteiger partial charge in [0.2, 0.25) is 0 Å². The maximum atomic E-state index is 6.01. The van der Waals surface area contributed by atoms with Crippen LogP contribution in [-0.4, -0.2) is 0 Å². The van der Waals surface area contributed by atoms with Crippen LogP contribution in [0.3, 0.4) is 0 Å². The number of allylic oxidation sites excluding steroid dienone is 3. The van der Waals surface area contributed by atoms with Crippen molar-refractivity contribution in [3.05, 3.63) is 52.6 Å². The fourth-order valence-corrected chi connectivity index (χ4v) is 1.33. The zero-order valence-corrected chi connectivity index (χ0v) is 14.0. The van der Waals surface area contributed by atoms with E-state index in [2.05, 4.69) is 32.0 Å². The van der Waals surface area contributed by atoms with Crippen molar-refractivity contribution in [2.24, 2.45) is 5.73 Å². The largest absolute Gasteiger partial charge is 0.398 e. The molecule has 0 fully saturated rings. The molecular formula is C18H31N. The lowest BCUT2D eigenvalue weighted by Crippen LogP contribution is -1.97. The number of nitrogens with two attached hydrogens (primary N) is 1. The van der Waals surface area contributed by atoms with Gasteiger partial charge in [-0.2, -0.15) is 0 Å². The van der Waals surface area contributed by atoms with Crippen LogP contribution < -0.4 is 5.73 Å². The Hall–Kier alpha value is -1.50. The highest BCUT2D eigenvalue weighted by molar-refractivity contribution is 5.66. The minimum Gasteiger partial charge on any atom is -0.398 e. The molecule has 1 aromatic carbocycles.